The molecule has 1 aromatic carbocycles. The van der Waals surface area contributed by atoms with Gasteiger partial charge in [-0.1, -0.05) is 57.0 Å². The highest BCUT2D eigenvalue weighted by Gasteiger charge is 2.42. The number of nitrogens with one attached hydrogen (secondary N) is 1. The smallest absolute Gasteiger partial charge is 0.230 e. The molecule has 104 valence electrons. The van der Waals surface area contributed by atoms with E-state index < -0.39 is 0 Å². The van der Waals surface area contributed by atoms with Gasteiger partial charge in [0.15, 0.2) is 0 Å². The first kappa shape index (κ1) is 14.1. The quantitative estimate of drug-likeness (QED) is 0.878. The molecule has 1 aliphatic carbocycles. The number of benzene rings is 1. The molecule has 2 nitrogen and oxygen atoms in total. The lowest BCUT2D eigenvalue weighted by Crippen LogP contribution is -2.47. The molecule has 0 spiro atoms. The highest BCUT2D eigenvalue weighted by molar-refractivity contribution is 5.88. The molecule has 1 saturated carbocycles. The SMILES string of the molecule is CC(C)[C@@H](C)NC(=O)C1(c2ccccc2)CCCC1. The van der Waals surface area contributed by atoms with Crippen LogP contribution in [0.4, 0.5) is 0 Å². The largest absolute Gasteiger partial charge is 0.353 e. The van der Waals surface area contributed by atoms with Crippen LogP contribution in [-0.4, -0.2) is 11.9 Å². The average molecular weight is 259 g/mol. The van der Waals surface area contributed by atoms with Crippen LogP contribution in [0.3, 0.4) is 0 Å². The lowest BCUT2D eigenvalue weighted by Gasteiger charge is -2.31. The van der Waals surface area contributed by atoms with Crippen LogP contribution in [0.2, 0.25) is 0 Å². The van der Waals surface area contributed by atoms with Crippen LogP contribution < -0.4 is 5.32 Å². The van der Waals surface area contributed by atoms with Gasteiger partial charge in [-0.3, -0.25) is 4.79 Å². The first-order valence-corrected chi connectivity index (χ1v) is 7.43. The van der Waals surface area contributed by atoms with E-state index in [1.165, 1.54) is 5.56 Å². The lowest BCUT2D eigenvalue weighted by molar-refractivity contribution is -0.127. The van der Waals surface area contributed by atoms with E-state index in [0.717, 1.165) is 25.7 Å². The molecule has 0 unspecified atom stereocenters. The Labute approximate surface area is 116 Å². The van der Waals surface area contributed by atoms with Crippen LogP contribution in [0.5, 0.6) is 0 Å². The molecular formula is C17H25NO. The minimum Gasteiger partial charge on any atom is -0.353 e. The summed E-state index contributed by atoms with van der Waals surface area (Å²) in [6.07, 6.45) is 4.26. The topological polar surface area (TPSA) is 29.1 Å². The monoisotopic (exact) mass is 259 g/mol. The Morgan fingerprint density at radius 1 is 1.11 bits per heavy atom. The van der Waals surface area contributed by atoms with Crippen molar-refractivity contribution in [2.24, 2.45) is 5.92 Å². The minimum absolute atomic E-state index is 0.220. The Bertz CT molecular complexity index is 418. The van der Waals surface area contributed by atoms with Crippen molar-refractivity contribution in [2.45, 2.75) is 57.9 Å². The molecule has 0 bridgehead atoms. The molecular weight excluding hydrogens is 234 g/mol. The molecule has 2 rings (SSSR count). The summed E-state index contributed by atoms with van der Waals surface area (Å²) in [5.41, 5.74) is 0.894. The molecule has 1 aliphatic rings. The molecule has 1 fully saturated rings. The van der Waals surface area contributed by atoms with E-state index >= 15 is 0 Å². The molecule has 2 heteroatoms. The van der Waals surface area contributed by atoms with E-state index in [4.69, 9.17) is 0 Å². The summed E-state index contributed by atoms with van der Waals surface area (Å²) in [5.74, 6) is 0.690. The number of hydrogen-bond acceptors (Lipinski definition) is 1. The predicted octanol–water partition coefficient (Wildman–Crippen LogP) is 3.66. The molecule has 1 amide bonds. The zero-order valence-corrected chi connectivity index (χ0v) is 12.3. The van der Waals surface area contributed by atoms with Crippen LogP contribution in [0.25, 0.3) is 0 Å². The summed E-state index contributed by atoms with van der Waals surface area (Å²) in [7, 11) is 0. The van der Waals surface area contributed by atoms with Gasteiger partial charge in [0.05, 0.1) is 5.41 Å². The van der Waals surface area contributed by atoms with Crippen LogP contribution in [0, 0.1) is 5.92 Å². The van der Waals surface area contributed by atoms with Gasteiger partial charge in [-0.15, -0.1) is 0 Å². The normalized spacial score (nSPS) is 19.4. The van der Waals surface area contributed by atoms with Gasteiger partial charge in [-0.2, -0.15) is 0 Å². The van der Waals surface area contributed by atoms with Crippen LogP contribution in [0.1, 0.15) is 52.0 Å². The van der Waals surface area contributed by atoms with Crippen LogP contribution >= 0.6 is 0 Å². The van der Waals surface area contributed by atoms with Crippen molar-refractivity contribution in [3.8, 4) is 0 Å². The second kappa shape index (κ2) is 5.77. The maximum atomic E-state index is 12.8. The number of amides is 1. The van der Waals surface area contributed by atoms with Gasteiger partial charge in [-0.25, -0.2) is 0 Å². The molecule has 0 aliphatic heterocycles. The zero-order valence-electron chi connectivity index (χ0n) is 12.3. The average Bonchev–Trinajstić information content (AvgIpc) is 2.90. The Morgan fingerprint density at radius 3 is 2.21 bits per heavy atom. The molecule has 0 aromatic heterocycles. The lowest BCUT2D eigenvalue weighted by atomic mass is 9.77. The second-order valence-corrected chi connectivity index (χ2v) is 6.16. The zero-order chi connectivity index (χ0) is 13.9. The van der Waals surface area contributed by atoms with E-state index in [0.29, 0.717) is 5.92 Å². The fraction of sp³-hybridized carbons (Fsp3) is 0.588. The van der Waals surface area contributed by atoms with E-state index in [1.54, 1.807) is 0 Å². The van der Waals surface area contributed by atoms with Crippen molar-refractivity contribution in [3.63, 3.8) is 0 Å². The van der Waals surface area contributed by atoms with Gasteiger partial charge in [0.25, 0.3) is 0 Å². The molecule has 0 radical (unpaired) electrons. The molecule has 1 atom stereocenters. The van der Waals surface area contributed by atoms with Crippen molar-refractivity contribution in [1.82, 2.24) is 5.32 Å². The minimum atomic E-state index is -0.287. The summed E-state index contributed by atoms with van der Waals surface area (Å²) >= 11 is 0. The third-order valence-corrected chi connectivity index (χ3v) is 4.58. The van der Waals surface area contributed by atoms with Gasteiger partial charge in [0.1, 0.15) is 0 Å². The fourth-order valence-electron chi connectivity index (χ4n) is 2.89. The molecule has 1 N–H and O–H groups in total. The number of hydrogen-bond donors (Lipinski definition) is 1. The van der Waals surface area contributed by atoms with Gasteiger partial charge in [0.2, 0.25) is 5.91 Å². The number of carbonyl (C=O) groups excluding carboxylic acids is 1. The van der Waals surface area contributed by atoms with Crippen molar-refractivity contribution in [2.75, 3.05) is 0 Å². The summed E-state index contributed by atoms with van der Waals surface area (Å²) in [4.78, 5) is 12.8. The van der Waals surface area contributed by atoms with Gasteiger partial charge in [0, 0.05) is 6.04 Å². The Hall–Kier alpha value is -1.31. The Kier molecular flexibility index (Phi) is 4.28. The maximum absolute atomic E-state index is 12.8. The predicted molar refractivity (Wildman–Crippen MR) is 79.0 cm³/mol. The first-order valence-electron chi connectivity index (χ1n) is 7.43. The molecule has 19 heavy (non-hydrogen) atoms. The molecule has 0 heterocycles. The van der Waals surface area contributed by atoms with Gasteiger partial charge < -0.3 is 5.32 Å². The van der Waals surface area contributed by atoms with E-state index in [2.05, 4.69) is 38.2 Å². The first-order chi connectivity index (χ1) is 9.06. The Morgan fingerprint density at radius 2 is 1.68 bits per heavy atom. The molecule has 1 aromatic rings. The Balaban J connectivity index is 2.23. The van der Waals surface area contributed by atoms with Crippen molar-refractivity contribution in [1.29, 1.82) is 0 Å². The summed E-state index contributed by atoms with van der Waals surface area (Å²) < 4.78 is 0. The highest BCUT2D eigenvalue weighted by Crippen LogP contribution is 2.41. The van der Waals surface area contributed by atoms with Crippen LogP contribution in [0.15, 0.2) is 30.3 Å². The summed E-state index contributed by atoms with van der Waals surface area (Å²) in [5, 5.41) is 3.22. The molecule has 0 saturated heterocycles. The van der Waals surface area contributed by atoms with Crippen LogP contribution in [-0.2, 0) is 10.2 Å². The van der Waals surface area contributed by atoms with Gasteiger partial charge >= 0.3 is 0 Å². The van der Waals surface area contributed by atoms with Crippen molar-refractivity contribution < 1.29 is 4.79 Å². The van der Waals surface area contributed by atoms with E-state index in [-0.39, 0.29) is 17.4 Å². The third-order valence-electron chi connectivity index (χ3n) is 4.58. The second-order valence-electron chi connectivity index (χ2n) is 6.16. The number of carbonyl (C=O) groups is 1. The van der Waals surface area contributed by atoms with E-state index in [9.17, 15) is 4.79 Å². The summed E-state index contributed by atoms with van der Waals surface area (Å²) in [6, 6.07) is 10.5. The van der Waals surface area contributed by atoms with E-state index in [1.807, 2.05) is 18.2 Å². The highest BCUT2D eigenvalue weighted by atomic mass is 16.2. The van der Waals surface area contributed by atoms with Crippen molar-refractivity contribution >= 4 is 5.91 Å². The fourth-order valence-corrected chi connectivity index (χ4v) is 2.89. The maximum Gasteiger partial charge on any atom is 0.230 e. The third kappa shape index (κ3) is 2.83. The number of rotatable bonds is 4. The van der Waals surface area contributed by atoms with Gasteiger partial charge in [-0.05, 0) is 31.2 Å². The summed E-state index contributed by atoms with van der Waals surface area (Å²) in [6.45, 7) is 6.39. The standard InChI is InChI=1S/C17H25NO/c1-13(2)14(3)18-16(19)17(11-7-8-12-17)15-9-5-4-6-10-15/h4-6,9-10,13-14H,7-8,11-12H2,1-3H3,(H,18,19)/t14-/m1/s1. The van der Waals surface area contributed by atoms with Crippen molar-refractivity contribution in [3.05, 3.63) is 35.9 Å².